The third-order valence-corrected chi connectivity index (χ3v) is 4.20. The Morgan fingerprint density at radius 1 is 1.32 bits per heavy atom. The smallest absolute Gasteiger partial charge is 0.224 e. The van der Waals surface area contributed by atoms with Gasteiger partial charge in [-0.1, -0.05) is 26.0 Å². The van der Waals surface area contributed by atoms with Gasteiger partial charge in [0.15, 0.2) is 3.95 Å². The van der Waals surface area contributed by atoms with E-state index in [4.69, 9.17) is 12.2 Å². The third kappa shape index (κ3) is 3.30. The molecule has 0 bridgehead atoms. The van der Waals surface area contributed by atoms with Gasteiger partial charge < -0.3 is 10.3 Å². The van der Waals surface area contributed by atoms with E-state index in [-0.39, 0.29) is 5.91 Å². The zero-order valence-electron chi connectivity index (χ0n) is 10.9. The number of rotatable bonds is 4. The fourth-order valence-corrected chi connectivity index (χ4v) is 3.01. The Morgan fingerprint density at radius 2 is 2.00 bits per heavy atom. The van der Waals surface area contributed by atoms with E-state index in [1.54, 1.807) is 11.3 Å². The van der Waals surface area contributed by atoms with Crippen molar-refractivity contribution in [3.8, 4) is 11.3 Å². The van der Waals surface area contributed by atoms with Gasteiger partial charge in [-0.2, -0.15) is 0 Å². The van der Waals surface area contributed by atoms with Crippen LogP contribution < -0.4 is 5.32 Å². The Morgan fingerprint density at radius 3 is 2.58 bits per heavy atom. The van der Waals surface area contributed by atoms with Crippen molar-refractivity contribution in [2.24, 2.45) is 0 Å². The van der Waals surface area contributed by atoms with Crippen molar-refractivity contribution in [2.75, 3.05) is 5.32 Å². The van der Waals surface area contributed by atoms with Crippen LogP contribution in [0.1, 0.15) is 25.1 Å². The van der Waals surface area contributed by atoms with E-state index < -0.39 is 0 Å². The van der Waals surface area contributed by atoms with Gasteiger partial charge in [-0.15, -0.1) is 11.3 Å². The molecule has 0 atom stereocenters. The van der Waals surface area contributed by atoms with E-state index >= 15 is 0 Å². The Labute approximate surface area is 121 Å². The van der Waals surface area contributed by atoms with Crippen molar-refractivity contribution < 1.29 is 4.79 Å². The van der Waals surface area contributed by atoms with Gasteiger partial charge >= 0.3 is 0 Å². The van der Waals surface area contributed by atoms with Gasteiger partial charge in [0.05, 0.1) is 5.69 Å². The molecule has 1 aromatic heterocycles. The fraction of sp³-hybridized carbons (Fsp3) is 0.286. The zero-order chi connectivity index (χ0) is 13.8. The molecule has 19 heavy (non-hydrogen) atoms. The Hall–Kier alpha value is -1.46. The molecule has 0 aliphatic heterocycles. The first-order chi connectivity index (χ1) is 9.13. The van der Waals surface area contributed by atoms with Gasteiger partial charge in [0, 0.05) is 17.0 Å². The summed E-state index contributed by atoms with van der Waals surface area (Å²) in [6.45, 7) is 3.95. The lowest BCUT2D eigenvalue weighted by molar-refractivity contribution is -0.115. The van der Waals surface area contributed by atoms with Gasteiger partial charge in [-0.05, 0) is 36.3 Å². The summed E-state index contributed by atoms with van der Waals surface area (Å²) in [5, 5.41) is 2.84. The third-order valence-electron chi connectivity index (χ3n) is 2.82. The lowest BCUT2D eigenvalue weighted by Crippen LogP contribution is -2.09. The molecule has 0 fully saturated rings. The minimum Gasteiger partial charge on any atom is -0.337 e. The van der Waals surface area contributed by atoms with Crippen molar-refractivity contribution in [3.05, 3.63) is 33.1 Å². The molecule has 0 spiro atoms. The predicted octanol–water partition coefficient (Wildman–Crippen LogP) is 4.38. The SMILES string of the molecule is CCC(=O)Nc1ccc(-c2[nH]c(=S)sc2CC)cc1. The molecule has 2 rings (SSSR count). The summed E-state index contributed by atoms with van der Waals surface area (Å²) in [5.41, 5.74) is 3.01. The number of thiazole rings is 1. The summed E-state index contributed by atoms with van der Waals surface area (Å²) in [5.74, 6) is 0.0249. The lowest BCUT2D eigenvalue weighted by Gasteiger charge is -2.05. The molecule has 0 aliphatic carbocycles. The zero-order valence-corrected chi connectivity index (χ0v) is 12.6. The molecule has 0 aliphatic rings. The van der Waals surface area contributed by atoms with Gasteiger partial charge in [0.1, 0.15) is 0 Å². The van der Waals surface area contributed by atoms with Crippen LogP contribution in [-0.4, -0.2) is 10.9 Å². The topological polar surface area (TPSA) is 44.9 Å². The van der Waals surface area contributed by atoms with Crippen molar-refractivity contribution in [3.63, 3.8) is 0 Å². The quantitative estimate of drug-likeness (QED) is 0.821. The number of anilines is 1. The second kappa shape index (κ2) is 6.12. The number of aromatic amines is 1. The van der Waals surface area contributed by atoms with Crippen LogP contribution in [-0.2, 0) is 11.2 Å². The van der Waals surface area contributed by atoms with Crippen LogP contribution in [0.4, 0.5) is 5.69 Å². The Kier molecular flexibility index (Phi) is 4.50. The van der Waals surface area contributed by atoms with Gasteiger partial charge in [0.2, 0.25) is 5.91 Å². The Balaban J connectivity index is 2.27. The van der Waals surface area contributed by atoms with Crippen molar-refractivity contribution in [1.29, 1.82) is 0 Å². The monoisotopic (exact) mass is 292 g/mol. The number of carbonyl (C=O) groups is 1. The maximum atomic E-state index is 11.3. The average molecular weight is 292 g/mol. The van der Waals surface area contributed by atoms with E-state index in [9.17, 15) is 4.79 Å². The standard InChI is InChI=1S/C14H16N2OS2/c1-3-11-13(16-14(18)19-11)9-5-7-10(8-6-9)15-12(17)4-2/h5-8H,3-4H2,1-2H3,(H,15,17)(H,16,18). The highest BCUT2D eigenvalue weighted by atomic mass is 32.1. The molecule has 5 heteroatoms. The summed E-state index contributed by atoms with van der Waals surface area (Å²) in [6.07, 6.45) is 1.45. The molecule has 3 nitrogen and oxygen atoms in total. The molecule has 0 radical (unpaired) electrons. The normalized spacial score (nSPS) is 10.4. The van der Waals surface area contributed by atoms with Crippen LogP contribution in [0.25, 0.3) is 11.3 Å². The molecule has 2 aromatic rings. The second-order valence-electron chi connectivity index (χ2n) is 4.15. The number of H-pyrrole nitrogens is 1. The summed E-state index contributed by atoms with van der Waals surface area (Å²) < 4.78 is 0.801. The molecule has 0 saturated heterocycles. The number of benzene rings is 1. The highest BCUT2D eigenvalue weighted by molar-refractivity contribution is 7.73. The fourth-order valence-electron chi connectivity index (χ4n) is 1.81. The maximum absolute atomic E-state index is 11.3. The molecule has 1 aromatic carbocycles. The van der Waals surface area contributed by atoms with Crippen LogP contribution in [0.5, 0.6) is 0 Å². The molecule has 2 N–H and O–H groups in total. The number of carbonyl (C=O) groups excluding carboxylic acids is 1. The molecule has 1 amide bonds. The summed E-state index contributed by atoms with van der Waals surface area (Å²) in [4.78, 5) is 15.8. The lowest BCUT2D eigenvalue weighted by atomic mass is 10.1. The molecular formula is C14H16N2OS2. The molecule has 0 unspecified atom stereocenters. The maximum Gasteiger partial charge on any atom is 0.224 e. The first kappa shape index (κ1) is 14.0. The predicted molar refractivity (Wildman–Crippen MR) is 83.2 cm³/mol. The van der Waals surface area contributed by atoms with Crippen LogP contribution in [0.15, 0.2) is 24.3 Å². The molecule has 100 valence electrons. The highest BCUT2D eigenvalue weighted by Gasteiger charge is 2.07. The van der Waals surface area contributed by atoms with Gasteiger partial charge in [-0.25, -0.2) is 0 Å². The highest BCUT2D eigenvalue weighted by Crippen LogP contribution is 2.27. The molecular weight excluding hydrogens is 276 g/mol. The minimum absolute atomic E-state index is 0.0249. The van der Waals surface area contributed by atoms with E-state index in [0.717, 1.165) is 27.3 Å². The minimum atomic E-state index is 0.0249. The van der Waals surface area contributed by atoms with E-state index in [1.807, 2.05) is 31.2 Å². The Bertz CT molecular complexity index is 626. The van der Waals surface area contributed by atoms with Crippen LogP contribution in [0.3, 0.4) is 0 Å². The first-order valence-corrected chi connectivity index (χ1v) is 7.48. The number of amides is 1. The summed E-state index contributed by atoms with van der Waals surface area (Å²) >= 11 is 6.81. The number of hydrogen-bond acceptors (Lipinski definition) is 3. The first-order valence-electron chi connectivity index (χ1n) is 6.26. The van der Waals surface area contributed by atoms with Gasteiger partial charge in [0.25, 0.3) is 0 Å². The number of aryl methyl sites for hydroxylation is 1. The molecule has 1 heterocycles. The largest absolute Gasteiger partial charge is 0.337 e. The summed E-state index contributed by atoms with van der Waals surface area (Å²) in [6, 6.07) is 7.82. The number of nitrogens with one attached hydrogen (secondary N) is 2. The van der Waals surface area contributed by atoms with Crippen LogP contribution >= 0.6 is 23.6 Å². The van der Waals surface area contributed by atoms with Gasteiger partial charge in [-0.3, -0.25) is 4.79 Å². The average Bonchev–Trinajstić information content (AvgIpc) is 2.80. The van der Waals surface area contributed by atoms with E-state index in [2.05, 4.69) is 17.2 Å². The number of hydrogen-bond donors (Lipinski definition) is 2. The van der Waals surface area contributed by atoms with Crippen molar-refractivity contribution in [2.45, 2.75) is 26.7 Å². The summed E-state index contributed by atoms with van der Waals surface area (Å²) in [7, 11) is 0. The second-order valence-corrected chi connectivity index (χ2v) is 5.92. The van der Waals surface area contributed by atoms with Crippen molar-refractivity contribution in [1.82, 2.24) is 4.98 Å². The number of aromatic nitrogens is 1. The van der Waals surface area contributed by atoms with Crippen molar-refractivity contribution >= 4 is 35.1 Å². The van der Waals surface area contributed by atoms with E-state index in [1.165, 1.54) is 4.88 Å². The van der Waals surface area contributed by atoms with E-state index in [0.29, 0.717) is 6.42 Å². The van der Waals surface area contributed by atoms with Crippen LogP contribution in [0.2, 0.25) is 0 Å². The molecule has 0 saturated carbocycles. The van der Waals surface area contributed by atoms with Crippen LogP contribution in [0, 0.1) is 3.95 Å².